The SMILES string of the molecule is CCCNC(=O)c1ccc(-c2cc3c(cc2C(=O)Nc2c(C)cc(CN)cc2C)-c2ccsc2CCO3)c(C(=O)OC)n1. The molecule has 4 aromatic rings. The van der Waals surface area contributed by atoms with Gasteiger partial charge in [-0.25, -0.2) is 9.78 Å². The second-order valence-electron chi connectivity index (χ2n) is 10.4. The van der Waals surface area contributed by atoms with E-state index in [2.05, 4.69) is 15.6 Å². The van der Waals surface area contributed by atoms with Crippen LogP contribution in [-0.2, 0) is 17.7 Å². The number of methoxy groups -OCH3 is 1. The summed E-state index contributed by atoms with van der Waals surface area (Å²) in [5, 5.41) is 7.90. The zero-order valence-electron chi connectivity index (χ0n) is 24.6. The summed E-state index contributed by atoms with van der Waals surface area (Å²) in [6.07, 6.45) is 1.49. The van der Waals surface area contributed by atoms with Crippen molar-refractivity contribution in [1.82, 2.24) is 10.3 Å². The summed E-state index contributed by atoms with van der Waals surface area (Å²) >= 11 is 1.65. The smallest absolute Gasteiger partial charge is 0.357 e. The fourth-order valence-corrected chi connectivity index (χ4v) is 6.16. The summed E-state index contributed by atoms with van der Waals surface area (Å²) in [6.45, 7) is 7.12. The van der Waals surface area contributed by atoms with Crippen LogP contribution in [0.25, 0.3) is 22.3 Å². The summed E-state index contributed by atoms with van der Waals surface area (Å²) in [6, 6.07) is 12.7. The van der Waals surface area contributed by atoms with Crippen LogP contribution in [0, 0.1) is 13.8 Å². The number of amides is 2. The van der Waals surface area contributed by atoms with Gasteiger partial charge in [0.05, 0.1) is 13.7 Å². The summed E-state index contributed by atoms with van der Waals surface area (Å²) in [5.74, 6) is -0.916. The molecule has 0 saturated carbocycles. The highest BCUT2D eigenvalue weighted by Gasteiger charge is 2.27. The molecule has 0 saturated heterocycles. The van der Waals surface area contributed by atoms with Crippen molar-refractivity contribution in [2.75, 3.05) is 25.6 Å². The number of rotatable bonds is 8. The van der Waals surface area contributed by atoms with Crippen molar-refractivity contribution >= 4 is 34.8 Å². The lowest BCUT2D eigenvalue weighted by molar-refractivity contribution is 0.0594. The average Bonchev–Trinajstić information content (AvgIpc) is 3.41. The monoisotopic (exact) mass is 598 g/mol. The van der Waals surface area contributed by atoms with Gasteiger partial charge in [-0.2, -0.15) is 0 Å². The first-order chi connectivity index (χ1) is 20.7. The predicted octanol–water partition coefficient (Wildman–Crippen LogP) is 5.67. The number of nitrogens with zero attached hydrogens (tertiary/aromatic N) is 1. The minimum atomic E-state index is -0.730. The number of aryl methyl sites for hydroxylation is 2. The van der Waals surface area contributed by atoms with Gasteiger partial charge in [-0.15, -0.1) is 11.3 Å². The Labute approximate surface area is 254 Å². The van der Waals surface area contributed by atoms with E-state index >= 15 is 0 Å². The fraction of sp³-hybridized carbons (Fsp3) is 0.273. The van der Waals surface area contributed by atoms with Gasteiger partial charge in [0.1, 0.15) is 11.4 Å². The molecule has 1 aliphatic rings. The number of hydrogen-bond acceptors (Lipinski definition) is 8. The van der Waals surface area contributed by atoms with E-state index in [-0.39, 0.29) is 17.3 Å². The minimum Gasteiger partial charge on any atom is -0.493 e. The van der Waals surface area contributed by atoms with Crippen LogP contribution in [0.3, 0.4) is 0 Å². The highest BCUT2D eigenvalue weighted by atomic mass is 32.1. The first-order valence-electron chi connectivity index (χ1n) is 14.1. The number of carbonyl (C=O) groups is 3. The molecule has 0 unspecified atom stereocenters. The number of nitrogens with one attached hydrogen (secondary N) is 2. The lowest BCUT2D eigenvalue weighted by Gasteiger charge is -2.19. The van der Waals surface area contributed by atoms with Gasteiger partial charge >= 0.3 is 5.97 Å². The number of thiophene rings is 1. The Hall–Kier alpha value is -4.54. The second kappa shape index (κ2) is 12.8. The Balaban J connectivity index is 1.69. The topological polar surface area (TPSA) is 133 Å². The fourth-order valence-electron chi connectivity index (χ4n) is 5.28. The van der Waals surface area contributed by atoms with Crippen molar-refractivity contribution in [3.05, 3.63) is 86.4 Å². The van der Waals surface area contributed by atoms with Crippen LogP contribution in [0.15, 0.2) is 47.8 Å². The molecule has 43 heavy (non-hydrogen) atoms. The van der Waals surface area contributed by atoms with Gasteiger partial charge in [0.25, 0.3) is 11.8 Å². The van der Waals surface area contributed by atoms with Gasteiger partial charge in [0.15, 0.2) is 5.69 Å². The molecule has 0 radical (unpaired) electrons. The van der Waals surface area contributed by atoms with Crippen LogP contribution in [0.1, 0.15) is 66.2 Å². The van der Waals surface area contributed by atoms with Crippen LogP contribution < -0.4 is 21.1 Å². The molecule has 5 rings (SSSR count). The molecular weight excluding hydrogens is 564 g/mol. The quantitative estimate of drug-likeness (QED) is 0.223. The third kappa shape index (κ3) is 6.02. The van der Waals surface area contributed by atoms with Crippen molar-refractivity contribution in [1.29, 1.82) is 0 Å². The normalized spacial score (nSPS) is 11.9. The van der Waals surface area contributed by atoms with Crippen LogP contribution in [0.5, 0.6) is 5.75 Å². The van der Waals surface area contributed by atoms with Crippen molar-refractivity contribution in [2.45, 2.75) is 40.2 Å². The molecule has 0 fully saturated rings. The van der Waals surface area contributed by atoms with Crippen LogP contribution in [-0.4, -0.2) is 43.0 Å². The number of hydrogen-bond donors (Lipinski definition) is 3. The summed E-state index contributed by atoms with van der Waals surface area (Å²) in [4.78, 5) is 45.5. The number of fused-ring (bicyclic) bond motifs is 3. The van der Waals surface area contributed by atoms with Crippen LogP contribution in [0.2, 0.25) is 0 Å². The largest absolute Gasteiger partial charge is 0.493 e. The maximum absolute atomic E-state index is 14.2. The minimum absolute atomic E-state index is 0.0729. The molecule has 0 aliphatic carbocycles. The van der Waals surface area contributed by atoms with Gasteiger partial charge in [-0.05, 0) is 78.2 Å². The molecular formula is C33H34N4O5S. The van der Waals surface area contributed by atoms with Crippen molar-refractivity contribution in [2.24, 2.45) is 5.73 Å². The Kier molecular flexibility index (Phi) is 8.89. The van der Waals surface area contributed by atoms with E-state index < -0.39 is 11.9 Å². The highest BCUT2D eigenvalue weighted by molar-refractivity contribution is 7.10. The number of nitrogens with two attached hydrogens (primary N) is 1. The number of esters is 1. The van der Waals surface area contributed by atoms with E-state index in [1.165, 1.54) is 18.1 Å². The third-order valence-electron chi connectivity index (χ3n) is 7.39. The average molecular weight is 599 g/mol. The summed E-state index contributed by atoms with van der Waals surface area (Å²) in [7, 11) is 1.25. The molecule has 2 aromatic carbocycles. The molecule has 0 bridgehead atoms. The lowest BCUT2D eigenvalue weighted by atomic mass is 9.92. The van der Waals surface area contributed by atoms with Crippen molar-refractivity contribution in [3.63, 3.8) is 0 Å². The molecule has 2 amide bonds. The first-order valence-corrected chi connectivity index (χ1v) is 15.0. The van der Waals surface area contributed by atoms with Gasteiger partial charge in [-0.3, -0.25) is 9.59 Å². The zero-order valence-corrected chi connectivity index (χ0v) is 25.4. The Morgan fingerprint density at radius 2 is 1.77 bits per heavy atom. The van der Waals surface area contributed by atoms with E-state index in [9.17, 15) is 14.4 Å². The molecule has 4 N–H and O–H groups in total. The van der Waals surface area contributed by atoms with E-state index in [1.807, 2.05) is 44.4 Å². The zero-order chi connectivity index (χ0) is 30.7. The van der Waals surface area contributed by atoms with Gasteiger partial charge in [0, 0.05) is 52.3 Å². The molecule has 0 spiro atoms. The molecule has 10 heteroatoms. The van der Waals surface area contributed by atoms with Crippen molar-refractivity contribution in [3.8, 4) is 28.0 Å². The molecule has 3 heterocycles. The summed E-state index contributed by atoms with van der Waals surface area (Å²) < 4.78 is 11.2. The Bertz CT molecular complexity index is 1710. The maximum Gasteiger partial charge on any atom is 0.357 e. The predicted molar refractivity (Wildman–Crippen MR) is 168 cm³/mol. The summed E-state index contributed by atoms with van der Waals surface area (Å²) in [5.41, 5.74) is 12.2. The van der Waals surface area contributed by atoms with Gasteiger partial charge in [-0.1, -0.05) is 19.1 Å². The number of anilines is 1. The Morgan fingerprint density at radius 3 is 2.47 bits per heavy atom. The van der Waals surface area contributed by atoms with E-state index in [0.29, 0.717) is 47.8 Å². The number of benzene rings is 2. The van der Waals surface area contributed by atoms with Crippen LogP contribution >= 0.6 is 11.3 Å². The molecule has 9 nitrogen and oxygen atoms in total. The number of pyridine rings is 1. The number of aromatic nitrogens is 1. The molecule has 2 aromatic heterocycles. The van der Waals surface area contributed by atoms with E-state index in [1.54, 1.807) is 29.5 Å². The van der Waals surface area contributed by atoms with Gasteiger partial charge in [0.2, 0.25) is 0 Å². The number of carbonyl (C=O) groups excluding carboxylic acids is 3. The lowest BCUT2D eigenvalue weighted by Crippen LogP contribution is -2.26. The first kappa shape index (κ1) is 29.9. The van der Waals surface area contributed by atoms with E-state index in [0.717, 1.165) is 40.7 Å². The molecule has 222 valence electrons. The van der Waals surface area contributed by atoms with Crippen molar-refractivity contribution < 1.29 is 23.9 Å². The molecule has 0 atom stereocenters. The van der Waals surface area contributed by atoms with Gasteiger partial charge < -0.3 is 25.8 Å². The standard InChI is InChI=1S/C33H34N4O5S/c1-5-10-35-32(39)26-7-6-22(30(36-26)33(40)41-4)23-16-27-24(21-9-12-43-28(21)8-11-42-27)15-25(23)31(38)37-29-18(2)13-20(17-34)14-19(29)3/h6-7,9,12-16H,5,8,10-11,17,34H2,1-4H3,(H,35,39)(H,37,38). The Morgan fingerprint density at radius 1 is 1.00 bits per heavy atom. The maximum atomic E-state index is 14.2. The molecule has 1 aliphatic heterocycles. The van der Waals surface area contributed by atoms with Crippen LogP contribution in [0.4, 0.5) is 5.69 Å². The highest BCUT2D eigenvalue weighted by Crippen LogP contribution is 2.43. The number of ether oxygens (including phenoxy) is 2. The van der Waals surface area contributed by atoms with E-state index in [4.69, 9.17) is 15.2 Å². The third-order valence-corrected chi connectivity index (χ3v) is 8.37. The second-order valence-corrected chi connectivity index (χ2v) is 11.4.